The van der Waals surface area contributed by atoms with Gasteiger partial charge in [0.15, 0.2) is 11.5 Å². The van der Waals surface area contributed by atoms with Gasteiger partial charge in [0.1, 0.15) is 5.75 Å². The van der Waals surface area contributed by atoms with Gasteiger partial charge in [-0.15, -0.1) is 0 Å². The van der Waals surface area contributed by atoms with E-state index < -0.39 is 0 Å². The highest BCUT2D eigenvalue weighted by Gasteiger charge is 2.35. The number of fused-ring (bicyclic) bond motifs is 1. The molecule has 2 N–H and O–H groups in total. The number of aromatic hydroxyl groups is 1. The third-order valence-electron chi connectivity index (χ3n) is 3.71. The summed E-state index contributed by atoms with van der Waals surface area (Å²) in [5, 5.41) is 13.4. The molecule has 1 fully saturated rings. The molecule has 0 spiro atoms. The summed E-state index contributed by atoms with van der Waals surface area (Å²) in [6.07, 6.45) is 3.81. The number of nitrogens with one attached hydrogen (secondary N) is 1. The van der Waals surface area contributed by atoms with E-state index in [0.29, 0.717) is 18.3 Å². The first-order chi connectivity index (χ1) is 8.78. The maximum Gasteiger partial charge on any atom is 0.231 e. The van der Waals surface area contributed by atoms with Crippen LogP contribution < -0.4 is 14.8 Å². The molecule has 3 rings (SSSR count). The zero-order valence-electron chi connectivity index (χ0n) is 10.6. The Morgan fingerprint density at radius 3 is 2.89 bits per heavy atom. The first-order valence-corrected chi connectivity index (χ1v) is 6.62. The summed E-state index contributed by atoms with van der Waals surface area (Å²) in [5.41, 5.74) is 0.876. The van der Waals surface area contributed by atoms with E-state index in [-0.39, 0.29) is 12.5 Å². The molecule has 0 radical (unpaired) electrons. The van der Waals surface area contributed by atoms with Crippen LogP contribution in [0.4, 0.5) is 0 Å². The van der Waals surface area contributed by atoms with Crippen LogP contribution in [0.3, 0.4) is 0 Å². The van der Waals surface area contributed by atoms with Crippen molar-refractivity contribution in [1.29, 1.82) is 0 Å². The number of rotatable bonds is 5. The van der Waals surface area contributed by atoms with E-state index in [1.807, 2.05) is 6.07 Å². The first kappa shape index (κ1) is 11.7. The van der Waals surface area contributed by atoms with Crippen molar-refractivity contribution >= 4 is 0 Å². The molecular weight excluding hydrogens is 230 g/mol. The third kappa shape index (κ3) is 2.25. The van der Waals surface area contributed by atoms with Crippen LogP contribution in [0.15, 0.2) is 12.1 Å². The molecule has 1 aliphatic heterocycles. The molecule has 0 aromatic heterocycles. The standard InChI is InChI=1S/C14H19NO3/c1-2-3-9-4-11(9)15-7-10-5-13-14(6-12(10)16)18-8-17-13/h5-6,9,11,15-16H,2-4,7-8H2,1H3. The first-order valence-electron chi connectivity index (χ1n) is 6.62. The maximum atomic E-state index is 9.90. The Balaban J connectivity index is 1.60. The Morgan fingerprint density at radius 2 is 2.11 bits per heavy atom. The fraction of sp³-hybridized carbons (Fsp3) is 0.571. The fourth-order valence-electron chi connectivity index (χ4n) is 2.54. The van der Waals surface area contributed by atoms with Gasteiger partial charge in [-0.05, 0) is 24.8 Å². The molecule has 1 aromatic carbocycles. The smallest absolute Gasteiger partial charge is 0.231 e. The van der Waals surface area contributed by atoms with E-state index in [2.05, 4.69) is 12.2 Å². The topological polar surface area (TPSA) is 50.7 Å². The van der Waals surface area contributed by atoms with E-state index in [1.165, 1.54) is 19.3 Å². The van der Waals surface area contributed by atoms with Crippen molar-refractivity contribution in [3.05, 3.63) is 17.7 Å². The van der Waals surface area contributed by atoms with E-state index in [0.717, 1.165) is 17.2 Å². The van der Waals surface area contributed by atoms with Crippen LogP contribution in [-0.2, 0) is 6.54 Å². The molecule has 2 aliphatic rings. The Bertz CT molecular complexity index is 447. The number of phenols is 1. The van der Waals surface area contributed by atoms with Gasteiger partial charge in [0, 0.05) is 24.2 Å². The maximum absolute atomic E-state index is 9.90. The lowest BCUT2D eigenvalue weighted by atomic mass is 10.1. The summed E-state index contributed by atoms with van der Waals surface area (Å²) in [5.74, 6) is 2.46. The van der Waals surface area contributed by atoms with Crippen molar-refractivity contribution in [2.75, 3.05) is 6.79 Å². The number of benzene rings is 1. The number of hydrogen-bond acceptors (Lipinski definition) is 4. The zero-order chi connectivity index (χ0) is 12.5. The van der Waals surface area contributed by atoms with Crippen LogP contribution in [0.25, 0.3) is 0 Å². The Labute approximate surface area is 107 Å². The predicted molar refractivity (Wildman–Crippen MR) is 67.9 cm³/mol. The summed E-state index contributed by atoms with van der Waals surface area (Å²) in [6.45, 7) is 3.15. The van der Waals surface area contributed by atoms with Gasteiger partial charge in [-0.2, -0.15) is 0 Å². The Hall–Kier alpha value is -1.42. The fourth-order valence-corrected chi connectivity index (χ4v) is 2.54. The minimum absolute atomic E-state index is 0.243. The van der Waals surface area contributed by atoms with Crippen molar-refractivity contribution in [2.45, 2.75) is 38.8 Å². The monoisotopic (exact) mass is 249 g/mol. The van der Waals surface area contributed by atoms with E-state index >= 15 is 0 Å². The summed E-state index contributed by atoms with van der Waals surface area (Å²) in [7, 11) is 0. The molecule has 1 aromatic rings. The van der Waals surface area contributed by atoms with Gasteiger partial charge in [0.2, 0.25) is 6.79 Å². The van der Waals surface area contributed by atoms with Crippen LogP contribution in [0.2, 0.25) is 0 Å². The van der Waals surface area contributed by atoms with Crippen molar-refractivity contribution < 1.29 is 14.6 Å². The van der Waals surface area contributed by atoms with Crippen LogP contribution in [0.1, 0.15) is 31.7 Å². The quantitative estimate of drug-likeness (QED) is 0.841. The van der Waals surface area contributed by atoms with Crippen LogP contribution >= 0.6 is 0 Å². The van der Waals surface area contributed by atoms with Crippen molar-refractivity contribution in [1.82, 2.24) is 5.32 Å². The van der Waals surface area contributed by atoms with E-state index in [4.69, 9.17) is 9.47 Å². The molecule has 1 saturated carbocycles. The van der Waals surface area contributed by atoms with Gasteiger partial charge in [-0.25, -0.2) is 0 Å². The highest BCUT2D eigenvalue weighted by molar-refractivity contribution is 5.51. The van der Waals surface area contributed by atoms with Gasteiger partial charge in [0.25, 0.3) is 0 Å². The lowest BCUT2D eigenvalue weighted by Gasteiger charge is -2.08. The molecular formula is C14H19NO3. The Kier molecular flexibility index (Phi) is 3.04. The molecule has 4 nitrogen and oxygen atoms in total. The van der Waals surface area contributed by atoms with Gasteiger partial charge in [-0.1, -0.05) is 13.3 Å². The van der Waals surface area contributed by atoms with Crippen molar-refractivity contribution in [3.8, 4) is 17.2 Å². The minimum atomic E-state index is 0.243. The average Bonchev–Trinajstić information content (AvgIpc) is 2.93. The average molecular weight is 249 g/mol. The summed E-state index contributed by atoms with van der Waals surface area (Å²) in [6, 6.07) is 4.12. The molecule has 2 unspecified atom stereocenters. The molecule has 0 bridgehead atoms. The summed E-state index contributed by atoms with van der Waals surface area (Å²) < 4.78 is 10.5. The van der Waals surface area contributed by atoms with Crippen molar-refractivity contribution in [2.24, 2.45) is 5.92 Å². The summed E-state index contributed by atoms with van der Waals surface area (Å²) >= 11 is 0. The second kappa shape index (κ2) is 4.69. The van der Waals surface area contributed by atoms with E-state index in [9.17, 15) is 5.11 Å². The summed E-state index contributed by atoms with van der Waals surface area (Å²) in [4.78, 5) is 0. The largest absolute Gasteiger partial charge is 0.507 e. The molecule has 98 valence electrons. The lowest BCUT2D eigenvalue weighted by molar-refractivity contribution is 0.174. The number of ether oxygens (including phenoxy) is 2. The van der Waals surface area contributed by atoms with Crippen LogP contribution in [0.5, 0.6) is 17.2 Å². The highest BCUT2D eigenvalue weighted by Crippen LogP contribution is 2.39. The lowest BCUT2D eigenvalue weighted by Crippen LogP contribution is -2.17. The Morgan fingerprint density at radius 1 is 1.33 bits per heavy atom. The zero-order valence-corrected chi connectivity index (χ0v) is 10.6. The number of hydrogen-bond donors (Lipinski definition) is 2. The minimum Gasteiger partial charge on any atom is -0.507 e. The van der Waals surface area contributed by atoms with Crippen LogP contribution in [-0.4, -0.2) is 17.9 Å². The van der Waals surface area contributed by atoms with Gasteiger partial charge < -0.3 is 19.9 Å². The SMILES string of the molecule is CCCC1CC1NCc1cc2c(cc1O)OCO2. The second-order valence-electron chi connectivity index (χ2n) is 5.11. The van der Waals surface area contributed by atoms with E-state index in [1.54, 1.807) is 6.07 Å². The molecule has 0 amide bonds. The second-order valence-corrected chi connectivity index (χ2v) is 5.11. The van der Waals surface area contributed by atoms with Gasteiger partial charge >= 0.3 is 0 Å². The van der Waals surface area contributed by atoms with Crippen molar-refractivity contribution in [3.63, 3.8) is 0 Å². The number of phenolic OH excluding ortho intramolecular Hbond substituents is 1. The third-order valence-corrected chi connectivity index (χ3v) is 3.71. The van der Waals surface area contributed by atoms with Crippen LogP contribution in [0, 0.1) is 5.92 Å². The molecule has 1 heterocycles. The molecule has 1 aliphatic carbocycles. The molecule has 2 atom stereocenters. The molecule has 18 heavy (non-hydrogen) atoms. The predicted octanol–water partition coefficient (Wildman–Crippen LogP) is 2.40. The molecule has 4 heteroatoms. The normalized spacial score (nSPS) is 24.3. The highest BCUT2D eigenvalue weighted by atomic mass is 16.7. The molecule has 0 saturated heterocycles. The van der Waals surface area contributed by atoms with Gasteiger partial charge in [-0.3, -0.25) is 0 Å². The van der Waals surface area contributed by atoms with Gasteiger partial charge in [0.05, 0.1) is 0 Å².